The summed E-state index contributed by atoms with van der Waals surface area (Å²) in [6.07, 6.45) is 0.958. The van der Waals surface area contributed by atoms with Crippen molar-refractivity contribution in [1.29, 1.82) is 0 Å². The molecule has 1 amide bonds. The molecule has 1 N–H and O–H groups in total. The maximum absolute atomic E-state index is 12.3. The van der Waals surface area contributed by atoms with E-state index in [2.05, 4.69) is 43.4 Å². The highest BCUT2D eigenvalue weighted by Gasteiger charge is 2.43. The number of amides is 1. The monoisotopic (exact) mass is 279 g/mol. The van der Waals surface area contributed by atoms with E-state index in [1.54, 1.807) is 0 Å². The SMILES string of the molecule is CC(C)c1ccc(NC(=O)[C@H]2C[C@H]2c2ccccc2)cc1. The Bertz CT molecular complexity index is 616. The van der Waals surface area contributed by atoms with E-state index in [1.807, 2.05) is 30.3 Å². The van der Waals surface area contributed by atoms with Crippen LogP contribution in [0.4, 0.5) is 5.69 Å². The number of rotatable bonds is 4. The predicted octanol–water partition coefficient (Wildman–Crippen LogP) is 4.55. The molecule has 21 heavy (non-hydrogen) atoms. The Labute approximate surface area is 126 Å². The molecule has 3 rings (SSSR count). The minimum atomic E-state index is 0.122. The van der Waals surface area contributed by atoms with Crippen molar-refractivity contribution in [3.63, 3.8) is 0 Å². The van der Waals surface area contributed by atoms with E-state index >= 15 is 0 Å². The molecule has 2 aromatic rings. The van der Waals surface area contributed by atoms with Crippen LogP contribution in [0.25, 0.3) is 0 Å². The molecule has 1 saturated carbocycles. The first-order chi connectivity index (χ1) is 10.1. The molecule has 2 aromatic carbocycles. The lowest BCUT2D eigenvalue weighted by atomic mass is 10.0. The molecule has 108 valence electrons. The van der Waals surface area contributed by atoms with Crippen LogP contribution < -0.4 is 5.32 Å². The van der Waals surface area contributed by atoms with Crippen LogP contribution in [0.3, 0.4) is 0 Å². The molecule has 0 saturated heterocycles. The highest BCUT2D eigenvalue weighted by atomic mass is 16.2. The molecule has 1 aliphatic rings. The third-order valence-electron chi connectivity index (χ3n) is 4.20. The van der Waals surface area contributed by atoms with Crippen LogP contribution >= 0.6 is 0 Å². The maximum Gasteiger partial charge on any atom is 0.228 e. The average molecular weight is 279 g/mol. The van der Waals surface area contributed by atoms with Gasteiger partial charge in [0.2, 0.25) is 5.91 Å². The smallest absolute Gasteiger partial charge is 0.228 e. The molecule has 0 unspecified atom stereocenters. The van der Waals surface area contributed by atoms with Gasteiger partial charge in [-0.3, -0.25) is 4.79 Å². The first-order valence-electron chi connectivity index (χ1n) is 7.61. The molecule has 1 aliphatic carbocycles. The van der Waals surface area contributed by atoms with Crippen molar-refractivity contribution in [2.45, 2.75) is 32.1 Å². The fourth-order valence-electron chi connectivity index (χ4n) is 2.74. The van der Waals surface area contributed by atoms with Crippen LogP contribution in [-0.2, 0) is 4.79 Å². The molecular formula is C19H21NO. The maximum atomic E-state index is 12.3. The molecular weight excluding hydrogens is 258 g/mol. The van der Waals surface area contributed by atoms with Crippen molar-refractivity contribution in [3.8, 4) is 0 Å². The van der Waals surface area contributed by atoms with Gasteiger partial charge in [-0.15, -0.1) is 0 Å². The molecule has 0 radical (unpaired) electrons. The lowest BCUT2D eigenvalue weighted by molar-refractivity contribution is -0.117. The van der Waals surface area contributed by atoms with Crippen LogP contribution in [0, 0.1) is 5.92 Å². The summed E-state index contributed by atoms with van der Waals surface area (Å²) >= 11 is 0. The standard InChI is InChI=1S/C19H21NO/c1-13(2)14-8-10-16(11-9-14)20-19(21)18-12-17(18)15-6-4-3-5-7-15/h3-11,13,17-18H,12H2,1-2H3,(H,20,21)/t17-,18-/m0/s1. The minimum Gasteiger partial charge on any atom is -0.326 e. The number of hydrogen-bond donors (Lipinski definition) is 1. The van der Waals surface area contributed by atoms with Gasteiger partial charge in [0, 0.05) is 11.6 Å². The van der Waals surface area contributed by atoms with E-state index in [0.717, 1.165) is 12.1 Å². The van der Waals surface area contributed by atoms with Crippen molar-refractivity contribution in [3.05, 3.63) is 65.7 Å². The van der Waals surface area contributed by atoms with Crippen LogP contribution in [-0.4, -0.2) is 5.91 Å². The Balaban J connectivity index is 1.60. The predicted molar refractivity (Wildman–Crippen MR) is 86.5 cm³/mol. The van der Waals surface area contributed by atoms with E-state index in [4.69, 9.17) is 0 Å². The third-order valence-corrected chi connectivity index (χ3v) is 4.20. The van der Waals surface area contributed by atoms with Gasteiger partial charge in [-0.1, -0.05) is 56.3 Å². The summed E-state index contributed by atoms with van der Waals surface area (Å²) in [7, 11) is 0. The first kappa shape index (κ1) is 13.9. The van der Waals surface area contributed by atoms with Crippen LogP contribution in [0.2, 0.25) is 0 Å². The van der Waals surface area contributed by atoms with Crippen molar-refractivity contribution in [2.75, 3.05) is 5.32 Å². The second-order valence-electron chi connectivity index (χ2n) is 6.13. The van der Waals surface area contributed by atoms with Gasteiger partial charge in [-0.2, -0.15) is 0 Å². The van der Waals surface area contributed by atoms with E-state index in [1.165, 1.54) is 11.1 Å². The first-order valence-corrected chi connectivity index (χ1v) is 7.61. The quantitative estimate of drug-likeness (QED) is 0.874. The van der Waals surface area contributed by atoms with Crippen LogP contribution in [0.15, 0.2) is 54.6 Å². The topological polar surface area (TPSA) is 29.1 Å². The Hall–Kier alpha value is -2.09. The zero-order valence-corrected chi connectivity index (χ0v) is 12.5. The molecule has 2 nitrogen and oxygen atoms in total. The van der Waals surface area contributed by atoms with E-state index in [9.17, 15) is 4.79 Å². The number of hydrogen-bond acceptors (Lipinski definition) is 1. The summed E-state index contributed by atoms with van der Waals surface area (Å²) in [6, 6.07) is 18.5. The van der Waals surface area contributed by atoms with Crippen molar-refractivity contribution >= 4 is 11.6 Å². The zero-order chi connectivity index (χ0) is 14.8. The Morgan fingerprint density at radius 2 is 1.71 bits per heavy atom. The van der Waals surface area contributed by atoms with Gasteiger partial charge >= 0.3 is 0 Å². The second-order valence-corrected chi connectivity index (χ2v) is 6.13. The van der Waals surface area contributed by atoms with Crippen molar-refractivity contribution < 1.29 is 4.79 Å². The van der Waals surface area contributed by atoms with Crippen molar-refractivity contribution in [1.82, 2.24) is 0 Å². The van der Waals surface area contributed by atoms with Gasteiger partial charge in [0.25, 0.3) is 0 Å². The summed E-state index contributed by atoms with van der Waals surface area (Å²) in [4.78, 5) is 12.3. The summed E-state index contributed by atoms with van der Waals surface area (Å²) in [5.41, 5.74) is 3.46. The average Bonchev–Trinajstić information content (AvgIpc) is 3.29. The molecule has 1 fully saturated rings. The molecule has 0 bridgehead atoms. The van der Waals surface area contributed by atoms with Crippen LogP contribution in [0.5, 0.6) is 0 Å². The van der Waals surface area contributed by atoms with Crippen LogP contribution in [0.1, 0.15) is 43.2 Å². The second kappa shape index (κ2) is 5.72. The van der Waals surface area contributed by atoms with Gasteiger partial charge in [0.1, 0.15) is 0 Å². The fraction of sp³-hybridized carbons (Fsp3) is 0.316. The van der Waals surface area contributed by atoms with E-state index in [-0.39, 0.29) is 11.8 Å². The van der Waals surface area contributed by atoms with Gasteiger partial charge < -0.3 is 5.32 Å². The Morgan fingerprint density at radius 1 is 1.05 bits per heavy atom. The number of carbonyl (C=O) groups is 1. The van der Waals surface area contributed by atoms with Gasteiger partial charge in [-0.25, -0.2) is 0 Å². The zero-order valence-electron chi connectivity index (χ0n) is 12.5. The van der Waals surface area contributed by atoms with E-state index < -0.39 is 0 Å². The minimum absolute atomic E-state index is 0.122. The molecule has 0 aliphatic heterocycles. The largest absolute Gasteiger partial charge is 0.326 e. The summed E-state index contributed by atoms with van der Waals surface area (Å²) < 4.78 is 0. The molecule has 2 heteroatoms. The number of benzene rings is 2. The number of anilines is 1. The fourth-order valence-corrected chi connectivity index (χ4v) is 2.74. The van der Waals surface area contributed by atoms with E-state index in [0.29, 0.717) is 11.8 Å². The summed E-state index contributed by atoms with van der Waals surface area (Å²) in [5, 5.41) is 3.03. The Morgan fingerprint density at radius 3 is 2.33 bits per heavy atom. The molecule has 2 atom stereocenters. The summed E-state index contributed by atoms with van der Waals surface area (Å²) in [6.45, 7) is 4.34. The molecule has 0 spiro atoms. The Kier molecular flexibility index (Phi) is 3.78. The number of nitrogens with one attached hydrogen (secondary N) is 1. The van der Waals surface area contributed by atoms with Gasteiger partial charge in [-0.05, 0) is 41.5 Å². The highest BCUT2D eigenvalue weighted by molar-refractivity contribution is 5.95. The lowest BCUT2D eigenvalue weighted by Crippen LogP contribution is -2.14. The van der Waals surface area contributed by atoms with Gasteiger partial charge in [0.05, 0.1) is 0 Å². The number of carbonyl (C=O) groups excluding carboxylic acids is 1. The third kappa shape index (κ3) is 3.15. The molecule has 0 aromatic heterocycles. The van der Waals surface area contributed by atoms with Gasteiger partial charge in [0.15, 0.2) is 0 Å². The summed E-state index contributed by atoms with van der Waals surface area (Å²) in [5.74, 6) is 1.17. The normalized spacial score (nSPS) is 20.3. The molecule has 0 heterocycles. The van der Waals surface area contributed by atoms with Crippen molar-refractivity contribution in [2.24, 2.45) is 5.92 Å². The highest BCUT2D eigenvalue weighted by Crippen LogP contribution is 2.47. The lowest BCUT2D eigenvalue weighted by Gasteiger charge is -2.08.